The van der Waals surface area contributed by atoms with E-state index in [0.29, 0.717) is 11.5 Å². The zero-order chi connectivity index (χ0) is 35.5. The van der Waals surface area contributed by atoms with Crippen LogP contribution in [0.1, 0.15) is 33.4 Å². The first kappa shape index (κ1) is 33.4. The predicted molar refractivity (Wildman–Crippen MR) is 202 cm³/mol. The third-order valence-electron chi connectivity index (χ3n) is 9.68. The van der Waals surface area contributed by atoms with Gasteiger partial charge >= 0.3 is 11.9 Å². The van der Waals surface area contributed by atoms with E-state index in [1.165, 1.54) is 44.2 Å². The molecule has 6 aromatic carbocycles. The van der Waals surface area contributed by atoms with Crippen molar-refractivity contribution in [3.8, 4) is 22.6 Å². The molecule has 0 aliphatic heterocycles. The van der Waals surface area contributed by atoms with Crippen molar-refractivity contribution < 1.29 is 28.5 Å². The molecular weight excluding hydrogens is 636 g/mol. The second kappa shape index (κ2) is 14.0. The average molecular weight is 675 g/mol. The van der Waals surface area contributed by atoms with E-state index < -0.39 is 17.4 Å². The summed E-state index contributed by atoms with van der Waals surface area (Å²) in [5.74, 6) is 0.438. The molecule has 0 fully saturated rings. The molecule has 254 valence electrons. The van der Waals surface area contributed by atoms with Crippen LogP contribution in [0.5, 0.6) is 11.5 Å². The van der Waals surface area contributed by atoms with Crippen LogP contribution in [0.4, 0.5) is 0 Å². The molecule has 0 heterocycles. The highest BCUT2D eigenvalue weighted by Gasteiger charge is 2.46. The molecule has 51 heavy (non-hydrogen) atoms. The van der Waals surface area contributed by atoms with Crippen molar-refractivity contribution in [3.63, 3.8) is 0 Å². The fourth-order valence-electron chi connectivity index (χ4n) is 7.13. The average Bonchev–Trinajstić information content (AvgIpc) is 3.42. The monoisotopic (exact) mass is 674 g/mol. The second-order valence-corrected chi connectivity index (χ2v) is 12.7. The van der Waals surface area contributed by atoms with Gasteiger partial charge in [0, 0.05) is 12.2 Å². The molecule has 6 heteroatoms. The Kier molecular flexibility index (Phi) is 9.16. The number of carbonyl (C=O) groups is 2. The van der Waals surface area contributed by atoms with E-state index in [-0.39, 0.29) is 26.4 Å². The van der Waals surface area contributed by atoms with Crippen LogP contribution in [0.3, 0.4) is 0 Å². The van der Waals surface area contributed by atoms with Crippen molar-refractivity contribution in [2.45, 2.75) is 19.3 Å². The molecule has 6 aromatic rings. The third-order valence-corrected chi connectivity index (χ3v) is 9.68. The van der Waals surface area contributed by atoms with E-state index in [9.17, 15) is 9.59 Å². The van der Waals surface area contributed by atoms with Gasteiger partial charge in [-0.3, -0.25) is 0 Å². The molecule has 7 rings (SSSR count). The summed E-state index contributed by atoms with van der Waals surface area (Å²) in [6.45, 7) is 12.0. The SMILES string of the molecule is C=CC(=O)OCCOc1ccc(C2(c3ccc4cc(OCCOC(=O)C=C)ccc4c3)c3cc(C)c(C)cc3-c3cc4ccccc4cc32)cc1. The zero-order valence-corrected chi connectivity index (χ0v) is 28.7. The number of fused-ring (bicyclic) bond motifs is 5. The summed E-state index contributed by atoms with van der Waals surface area (Å²) in [5.41, 5.74) is 8.99. The molecule has 1 atom stereocenters. The molecule has 0 spiro atoms. The molecule has 0 radical (unpaired) electrons. The normalized spacial score (nSPS) is 14.4. The molecule has 6 nitrogen and oxygen atoms in total. The molecule has 1 unspecified atom stereocenters. The quantitative estimate of drug-likeness (QED) is 0.0732. The highest BCUT2D eigenvalue weighted by Crippen LogP contribution is 2.57. The number of ether oxygens (including phenoxy) is 4. The fourth-order valence-corrected chi connectivity index (χ4v) is 7.13. The number of hydrogen-bond donors (Lipinski definition) is 0. The maximum atomic E-state index is 11.5. The topological polar surface area (TPSA) is 71.1 Å². The van der Waals surface area contributed by atoms with Crippen LogP contribution in [0.2, 0.25) is 0 Å². The minimum Gasteiger partial charge on any atom is -0.490 e. The molecular formula is C45H38O6. The fraction of sp³-hybridized carbons (Fsp3) is 0.156. The van der Waals surface area contributed by atoms with E-state index >= 15 is 0 Å². The summed E-state index contributed by atoms with van der Waals surface area (Å²) in [6, 6.07) is 38.9. The lowest BCUT2D eigenvalue weighted by Crippen LogP contribution is -2.28. The van der Waals surface area contributed by atoms with Gasteiger partial charge in [0.05, 0.1) is 5.41 Å². The Morgan fingerprint density at radius 1 is 0.549 bits per heavy atom. The third kappa shape index (κ3) is 6.25. The van der Waals surface area contributed by atoms with Gasteiger partial charge in [-0.1, -0.05) is 79.9 Å². The van der Waals surface area contributed by atoms with Crippen LogP contribution in [-0.4, -0.2) is 38.4 Å². The van der Waals surface area contributed by atoms with Gasteiger partial charge in [0.1, 0.15) is 37.9 Å². The van der Waals surface area contributed by atoms with E-state index in [1.807, 2.05) is 24.3 Å². The van der Waals surface area contributed by atoms with Crippen LogP contribution in [-0.2, 0) is 24.5 Å². The van der Waals surface area contributed by atoms with Crippen molar-refractivity contribution in [1.82, 2.24) is 0 Å². The Labute approximate surface area is 297 Å². The molecule has 0 amide bonds. The number of benzene rings is 6. The van der Waals surface area contributed by atoms with Gasteiger partial charge < -0.3 is 18.9 Å². The molecule has 0 bridgehead atoms. The largest absolute Gasteiger partial charge is 0.490 e. The first-order valence-corrected chi connectivity index (χ1v) is 17.0. The van der Waals surface area contributed by atoms with Gasteiger partial charge in [-0.25, -0.2) is 9.59 Å². The second-order valence-electron chi connectivity index (χ2n) is 12.7. The lowest BCUT2D eigenvalue weighted by atomic mass is 9.67. The van der Waals surface area contributed by atoms with Gasteiger partial charge in [-0.15, -0.1) is 0 Å². The maximum Gasteiger partial charge on any atom is 0.330 e. The molecule has 1 aliphatic carbocycles. The van der Waals surface area contributed by atoms with Crippen molar-refractivity contribution >= 4 is 33.5 Å². The van der Waals surface area contributed by atoms with Crippen molar-refractivity contribution in [2.24, 2.45) is 0 Å². The summed E-state index contributed by atoms with van der Waals surface area (Å²) >= 11 is 0. The van der Waals surface area contributed by atoms with Gasteiger partial charge in [0.2, 0.25) is 0 Å². The van der Waals surface area contributed by atoms with Crippen LogP contribution in [0.15, 0.2) is 135 Å². The van der Waals surface area contributed by atoms with Gasteiger partial charge in [-0.05, 0) is 122 Å². The van der Waals surface area contributed by atoms with E-state index in [1.54, 1.807) is 0 Å². The predicted octanol–water partition coefficient (Wildman–Crippen LogP) is 9.19. The number of hydrogen-bond acceptors (Lipinski definition) is 6. The van der Waals surface area contributed by atoms with E-state index in [0.717, 1.165) is 34.1 Å². The Morgan fingerprint density at radius 3 is 1.75 bits per heavy atom. The first-order valence-electron chi connectivity index (χ1n) is 17.0. The van der Waals surface area contributed by atoms with Gasteiger partial charge in [0.25, 0.3) is 0 Å². The molecule has 0 N–H and O–H groups in total. The Morgan fingerprint density at radius 2 is 1.06 bits per heavy atom. The van der Waals surface area contributed by atoms with E-state index in [4.69, 9.17) is 18.9 Å². The first-order chi connectivity index (χ1) is 24.8. The smallest absolute Gasteiger partial charge is 0.330 e. The molecule has 0 aromatic heterocycles. The number of carbonyl (C=O) groups excluding carboxylic acids is 2. The highest BCUT2D eigenvalue weighted by molar-refractivity contribution is 5.97. The van der Waals surface area contributed by atoms with Crippen LogP contribution in [0.25, 0.3) is 32.7 Å². The highest BCUT2D eigenvalue weighted by atomic mass is 16.6. The molecule has 0 saturated heterocycles. The van der Waals surface area contributed by atoms with E-state index in [2.05, 4.69) is 112 Å². The number of esters is 2. The van der Waals surface area contributed by atoms with Crippen molar-refractivity contribution in [2.75, 3.05) is 26.4 Å². The summed E-state index contributed by atoms with van der Waals surface area (Å²) in [7, 11) is 0. The van der Waals surface area contributed by atoms with Crippen molar-refractivity contribution in [1.29, 1.82) is 0 Å². The summed E-state index contributed by atoms with van der Waals surface area (Å²) in [4.78, 5) is 22.9. The Balaban J connectivity index is 1.36. The standard InChI is InChI=1S/C45H38O6/c1-5-43(46)50-21-19-48-37-17-14-35(15-18-37)45(36-13-11-34-26-38(16-12-33(34)25-36)49-20-22-51-44(47)6-2)41-24-30(4)29(3)23-39(41)40-27-31-9-7-8-10-32(31)28-42(40)45/h5-18,23-28H,1-2,19-22H2,3-4H3. The van der Waals surface area contributed by atoms with Gasteiger partial charge in [0.15, 0.2) is 0 Å². The minimum atomic E-state index is -0.635. The number of rotatable bonds is 12. The molecule has 0 saturated carbocycles. The maximum absolute atomic E-state index is 11.5. The van der Waals surface area contributed by atoms with Gasteiger partial charge in [-0.2, -0.15) is 0 Å². The summed E-state index contributed by atoms with van der Waals surface area (Å²) in [6.07, 6.45) is 2.28. The molecule has 1 aliphatic rings. The van der Waals surface area contributed by atoms with Crippen molar-refractivity contribution in [3.05, 3.63) is 168 Å². The van der Waals surface area contributed by atoms with Crippen LogP contribution < -0.4 is 9.47 Å². The lowest BCUT2D eigenvalue weighted by Gasteiger charge is -2.34. The minimum absolute atomic E-state index is 0.135. The van der Waals surface area contributed by atoms with Crippen LogP contribution in [0, 0.1) is 13.8 Å². The Bertz CT molecular complexity index is 2320. The van der Waals surface area contributed by atoms with Crippen LogP contribution >= 0.6 is 0 Å². The lowest BCUT2D eigenvalue weighted by molar-refractivity contribution is -0.139. The zero-order valence-electron chi connectivity index (χ0n) is 28.7. The Hall–Kier alpha value is -6.14. The number of aryl methyl sites for hydroxylation is 2. The summed E-state index contributed by atoms with van der Waals surface area (Å²) in [5, 5.41) is 4.48. The summed E-state index contributed by atoms with van der Waals surface area (Å²) < 4.78 is 22.0.